The monoisotopic (exact) mass is 495 g/mol. The number of hydrogen-bond donors (Lipinski definition) is 1. The van der Waals surface area contributed by atoms with Crippen molar-refractivity contribution in [1.29, 1.82) is 0 Å². The van der Waals surface area contributed by atoms with Gasteiger partial charge in [0, 0.05) is 30.4 Å². The first-order chi connectivity index (χ1) is 16.8. The molecule has 1 atom stereocenters. The molecule has 2 aromatic heterocycles. The summed E-state index contributed by atoms with van der Waals surface area (Å²) in [4.78, 5) is 24.1. The van der Waals surface area contributed by atoms with E-state index in [4.69, 9.17) is 9.47 Å². The van der Waals surface area contributed by atoms with Crippen molar-refractivity contribution in [3.05, 3.63) is 42.4 Å². The molecule has 7 heteroatoms. The number of piperidine rings is 1. The molecule has 36 heavy (non-hydrogen) atoms. The lowest BCUT2D eigenvalue weighted by Gasteiger charge is -2.40. The van der Waals surface area contributed by atoms with E-state index < -0.39 is 17.7 Å². The topological polar surface area (TPSA) is 84.8 Å². The van der Waals surface area contributed by atoms with Crippen LogP contribution in [0.15, 0.2) is 31.1 Å². The van der Waals surface area contributed by atoms with E-state index in [1.807, 2.05) is 32.9 Å². The number of anilines is 1. The fourth-order valence-electron chi connectivity index (χ4n) is 4.29. The lowest BCUT2D eigenvalue weighted by atomic mass is 9.82. The molecule has 0 radical (unpaired) electrons. The van der Waals surface area contributed by atoms with Crippen LogP contribution >= 0.6 is 0 Å². The van der Waals surface area contributed by atoms with Gasteiger partial charge in [-0.1, -0.05) is 34.3 Å². The summed E-state index contributed by atoms with van der Waals surface area (Å²) in [6, 6.07) is 3.80. The van der Waals surface area contributed by atoms with Crippen molar-refractivity contribution < 1.29 is 19.4 Å². The van der Waals surface area contributed by atoms with Crippen LogP contribution in [0.25, 0.3) is 17.3 Å². The Labute approximate surface area is 215 Å². The first-order valence-corrected chi connectivity index (χ1v) is 12.7. The fourth-order valence-corrected chi connectivity index (χ4v) is 4.29. The molecule has 0 aliphatic carbocycles. The van der Waals surface area contributed by atoms with Gasteiger partial charge in [-0.2, -0.15) is 0 Å². The van der Waals surface area contributed by atoms with E-state index in [0.29, 0.717) is 35.2 Å². The number of aromatic nitrogens is 2. The predicted octanol–water partition coefficient (Wildman–Crippen LogP) is 6.39. The van der Waals surface area contributed by atoms with Crippen LogP contribution in [0.3, 0.4) is 0 Å². The van der Waals surface area contributed by atoms with Crippen molar-refractivity contribution in [2.45, 2.75) is 73.0 Å². The molecule has 0 bridgehead atoms. The SMILES string of the molecule is C=Cc1ncc(-c2ccc(OCC(C)C)cn2)c(N2CCC(C)(C)CC2)c1C(OC(C)(C)C)C(=O)O. The van der Waals surface area contributed by atoms with Crippen molar-refractivity contribution in [3.8, 4) is 17.0 Å². The lowest BCUT2D eigenvalue weighted by molar-refractivity contribution is -0.160. The second-order valence-electron chi connectivity index (χ2n) is 11.7. The van der Waals surface area contributed by atoms with Crippen molar-refractivity contribution >= 4 is 17.7 Å². The van der Waals surface area contributed by atoms with Crippen molar-refractivity contribution in [2.75, 3.05) is 24.6 Å². The first-order valence-electron chi connectivity index (χ1n) is 12.7. The van der Waals surface area contributed by atoms with Gasteiger partial charge >= 0.3 is 5.97 Å². The Hall–Kier alpha value is -2.93. The molecule has 3 heterocycles. The van der Waals surface area contributed by atoms with Gasteiger partial charge in [0.2, 0.25) is 0 Å². The zero-order chi connectivity index (χ0) is 26.7. The van der Waals surface area contributed by atoms with Crippen LogP contribution in [0.4, 0.5) is 5.69 Å². The molecule has 1 saturated heterocycles. The van der Waals surface area contributed by atoms with E-state index in [1.54, 1.807) is 18.5 Å². The number of aliphatic carboxylic acids is 1. The largest absolute Gasteiger partial charge is 0.492 e. The highest BCUT2D eigenvalue weighted by molar-refractivity contribution is 5.87. The lowest BCUT2D eigenvalue weighted by Crippen LogP contribution is -2.39. The van der Waals surface area contributed by atoms with Crippen molar-refractivity contribution in [3.63, 3.8) is 0 Å². The highest BCUT2D eigenvalue weighted by Crippen LogP contribution is 2.43. The molecule has 2 aromatic rings. The van der Waals surface area contributed by atoms with Crippen LogP contribution in [0, 0.1) is 11.3 Å². The summed E-state index contributed by atoms with van der Waals surface area (Å²) < 4.78 is 11.9. The maximum atomic E-state index is 12.6. The molecule has 3 rings (SSSR count). The molecular weight excluding hydrogens is 454 g/mol. The fraction of sp³-hybridized carbons (Fsp3) is 0.552. The zero-order valence-electron chi connectivity index (χ0n) is 22.8. The first kappa shape index (κ1) is 27.7. The highest BCUT2D eigenvalue weighted by Gasteiger charge is 2.36. The quantitative estimate of drug-likeness (QED) is 0.431. The number of carbonyl (C=O) groups is 1. The number of nitrogens with zero attached hydrogens (tertiary/aromatic N) is 3. The number of ether oxygens (including phenoxy) is 2. The molecule has 1 N–H and O–H groups in total. The maximum absolute atomic E-state index is 12.6. The Bertz CT molecular complexity index is 1060. The average molecular weight is 496 g/mol. The van der Waals surface area contributed by atoms with Crippen LogP contribution in [0.2, 0.25) is 0 Å². The number of pyridine rings is 2. The minimum Gasteiger partial charge on any atom is -0.492 e. The van der Waals surface area contributed by atoms with Crippen molar-refractivity contribution in [1.82, 2.24) is 9.97 Å². The van der Waals surface area contributed by atoms with Gasteiger partial charge in [-0.25, -0.2) is 4.79 Å². The predicted molar refractivity (Wildman–Crippen MR) is 144 cm³/mol. The third-order valence-corrected chi connectivity index (χ3v) is 6.30. The van der Waals surface area contributed by atoms with Gasteiger partial charge in [-0.15, -0.1) is 0 Å². The summed E-state index contributed by atoms with van der Waals surface area (Å²) in [7, 11) is 0. The summed E-state index contributed by atoms with van der Waals surface area (Å²) >= 11 is 0. The van der Waals surface area contributed by atoms with Crippen LogP contribution in [0.5, 0.6) is 5.75 Å². The van der Waals surface area contributed by atoms with Crippen LogP contribution < -0.4 is 9.64 Å². The van der Waals surface area contributed by atoms with Gasteiger partial charge in [0.1, 0.15) is 5.75 Å². The van der Waals surface area contributed by atoms with Crippen LogP contribution in [-0.4, -0.2) is 46.3 Å². The molecule has 1 unspecified atom stereocenters. The summed E-state index contributed by atoms with van der Waals surface area (Å²) in [5, 5.41) is 10.3. The van der Waals surface area contributed by atoms with Crippen LogP contribution in [-0.2, 0) is 9.53 Å². The van der Waals surface area contributed by atoms with E-state index in [2.05, 4.69) is 49.1 Å². The molecule has 7 nitrogen and oxygen atoms in total. The molecule has 196 valence electrons. The molecule has 0 saturated carbocycles. The molecule has 0 aromatic carbocycles. The molecule has 0 spiro atoms. The van der Waals surface area contributed by atoms with E-state index in [-0.39, 0.29) is 5.41 Å². The average Bonchev–Trinajstić information content (AvgIpc) is 2.80. The summed E-state index contributed by atoms with van der Waals surface area (Å²) in [5.41, 5.74) is 2.86. The molecule has 1 aliphatic rings. The molecule has 1 fully saturated rings. The Balaban J connectivity index is 2.18. The van der Waals surface area contributed by atoms with Gasteiger partial charge in [-0.3, -0.25) is 9.97 Å². The van der Waals surface area contributed by atoms with Gasteiger partial charge in [-0.05, 0) is 63.2 Å². The van der Waals surface area contributed by atoms with Crippen molar-refractivity contribution in [2.24, 2.45) is 11.3 Å². The highest BCUT2D eigenvalue weighted by atomic mass is 16.5. The number of hydrogen-bond acceptors (Lipinski definition) is 6. The Kier molecular flexibility index (Phi) is 8.44. The van der Waals surface area contributed by atoms with E-state index >= 15 is 0 Å². The Morgan fingerprint density at radius 3 is 2.36 bits per heavy atom. The number of carboxylic acid groups (broad SMARTS) is 1. The normalized spacial score (nSPS) is 16.6. The third-order valence-electron chi connectivity index (χ3n) is 6.30. The van der Waals surface area contributed by atoms with Gasteiger partial charge in [0.15, 0.2) is 6.10 Å². The van der Waals surface area contributed by atoms with Gasteiger partial charge < -0.3 is 19.5 Å². The molecular formula is C29H41N3O4. The standard InChI is InChI=1S/C29H41N3O4/c1-9-22-24(26(27(33)34)36-28(4,5)6)25(32-14-12-29(7,8)13-15-32)21(17-31-22)23-11-10-20(16-30-23)35-18-19(2)3/h9-11,16-17,19,26H,1,12-15,18H2,2-8H3,(H,33,34). The Morgan fingerprint density at radius 2 is 1.86 bits per heavy atom. The minimum absolute atomic E-state index is 0.229. The van der Waals surface area contributed by atoms with E-state index in [1.165, 1.54) is 0 Å². The second-order valence-corrected chi connectivity index (χ2v) is 11.7. The summed E-state index contributed by atoms with van der Waals surface area (Å²) in [6.07, 6.45) is 5.86. The summed E-state index contributed by atoms with van der Waals surface area (Å²) in [5.74, 6) is 0.0497. The number of carboxylic acids is 1. The minimum atomic E-state index is -1.20. The molecule has 1 aliphatic heterocycles. The maximum Gasteiger partial charge on any atom is 0.337 e. The van der Waals surface area contributed by atoms with Gasteiger partial charge in [0.25, 0.3) is 0 Å². The number of rotatable bonds is 9. The molecule has 0 amide bonds. The van der Waals surface area contributed by atoms with E-state index in [9.17, 15) is 9.90 Å². The smallest absolute Gasteiger partial charge is 0.337 e. The van der Waals surface area contributed by atoms with Crippen LogP contribution in [0.1, 0.15) is 78.7 Å². The second kappa shape index (κ2) is 11.0. The zero-order valence-corrected chi connectivity index (χ0v) is 22.8. The van der Waals surface area contributed by atoms with E-state index in [0.717, 1.165) is 37.2 Å². The summed E-state index contributed by atoms with van der Waals surface area (Å²) in [6.45, 7) is 20.4. The van der Waals surface area contributed by atoms with Gasteiger partial charge in [0.05, 0.1) is 35.5 Å². The Morgan fingerprint density at radius 1 is 1.19 bits per heavy atom. The third kappa shape index (κ3) is 6.84.